The van der Waals surface area contributed by atoms with Crippen molar-refractivity contribution in [3.8, 4) is 0 Å². The molecule has 1 aromatic heterocycles. The molecule has 1 aliphatic rings. The average molecular weight is 409 g/mol. The van der Waals surface area contributed by atoms with Gasteiger partial charge in [-0.25, -0.2) is 0 Å². The first kappa shape index (κ1) is 16.7. The van der Waals surface area contributed by atoms with Crippen molar-refractivity contribution in [2.75, 3.05) is 16.8 Å². The van der Waals surface area contributed by atoms with Gasteiger partial charge < -0.3 is 0 Å². The number of anilines is 2. The number of amides is 2. The molecular weight excluding hydrogens is 396 g/mol. The van der Waals surface area contributed by atoms with Crippen molar-refractivity contribution in [2.45, 2.75) is 20.3 Å². The van der Waals surface area contributed by atoms with Crippen molar-refractivity contribution in [1.29, 1.82) is 0 Å². The van der Waals surface area contributed by atoms with Crippen LogP contribution in [-0.4, -0.2) is 34.3 Å². The zero-order chi connectivity index (χ0) is 17.4. The fourth-order valence-electron chi connectivity index (χ4n) is 2.51. The number of benzene rings is 1. The summed E-state index contributed by atoms with van der Waals surface area (Å²) < 4.78 is 0.715. The standard InChI is InChI=1S/C15H13BrN4O3S/c1-3-11-18-19-15(24-11)17-10(21)6-20-12-7(2)4-8(16)5-9(12)13(22)14(20)23/h4-5H,3,6H2,1-2H3,(H,17,19,21). The SMILES string of the molecule is CCc1nnc(NC(=O)CN2C(=O)C(=O)c3cc(Br)cc(C)c32)s1. The van der Waals surface area contributed by atoms with Crippen LogP contribution in [-0.2, 0) is 16.0 Å². The topological polar surface area (TPSA) is 92.3 Å². The number of halogens is 1. The summed E-state index contributed by atoms with van der Waals surface area (Å²) >= 11 is 4.59. The summed E-state index contributed by atoms with van der Waals surface area (Å²) in [6.07, 6.45) is 0.730. The van der Waals surface area contributed by atoms with E-state index in [4.69, 9.17) is 0 Å². The third-order valence-electron chi connectivity index (χ3n) is 3.54. The molecule has 0 unspecified atom stereocenters. The average Bonchev–Trinajstić information content (AvgIpc) is 3.06. The zero-order valence-corrected chi connectivity index (χ0v) is 15.3. The van der Waals surface area contributed by atoms with Crippen LogP contribution in [0.2, 0.25) is 0 Å². The van der Waals surface area contributed by atoms with Crippen molar-refractivity contribution in [1.82, 2.24) is 10.2 Å². The van der Waals surface area contributed by atoms with Crippen LogP contribution in [0.3, 0.4) is 0 Å². The summed E-state index contributed by atoms with van der Waals surface area (Å²) in [7, 11) is 0. The molecule has 1 aliphatic heterocycles. The number of hydrogen-bond donors (Lipinski definition) is 1. The van der Waals surface area contributed by atoms with Gasteiger partial charge in [0.2, 0.25) is 11.0 Å². The van der Waals surface area contributed by atoms with Gasteiger partial charge in [-0.15, -0.1) is 10.2 Å². The quantitative estimate of drug-likeness (QED) is 0.783. The summed E-state index contributed by atoms with van der Waals surface area (Å²) in [5.74, 6) is -1.73. The molecule has 2 amide bonds. The van der Waals surface area contributed by atoms with Crippen LogP contribution in [0.5, 0.6) is 0 Å². The van der Waals surface area contributed by atoms with E-state index < -0.39 is 17.6 Å². The number of aromatic nitrogens is 2. The van der Waals surface area contributed by atoms with E-state index >= 15 is 0 Å². The number of carbonyl (C=O) groups is 3. The monoisotopic (exact) mass is 408 g/mol. The van der Waals surface area contributed by atoms with Gasteiger partial charge in [0.05, 0.1) is 11.3 Å². The minimum Gasteiger partial charge on any atom is -0.299 e. The Morgan fingerprint density at radius 2 is 2.08 bits per heavy atom. The Morgan fingerprint density at radius 1 is 1.33 bits per heavy atom. The van der Waals surface area contributed by atoms with Crippen LogP contribution < -0.4 is 10.2 Å². The second-order valence-electron chi connectivity index (χ2n) is 5.24. The van der Waals surface area contributed by atoms with Gasteiger partial charge in [-0.3, -0.25) is 24.6 Å². The number of fused-ring (bicyclic) bond motifs is 1. The Balaban J connectivity index is 1.82. The summed E-state index contributed by atoms with van der Waals surface area (Å²) in [5.41, 5.74) is 1.54. The van der Waals surface area contributed by atoms with Crippen LogP contribution >= 0.6 is 27.3 Å². The number of hydrogen-bond acceptors (Lipinski definition) is 6. The Bertz CT molecular complexity index is 864. The van der Waals surface area contributed by atoms with Gasteiger partial charge in [-0.1, -0.05) is 34.2 Å². The highest BCUT2D eigenvalue weighted by Gasteiger charge is 2.38. The molecule has 0 saturated carbocycles. The minimum atomic E-state index is -0.701. The van der Waals surface area contributed by atoms with Crippen LogP contribution in [0, 0.1) is 6.92 Å². The molecule has 9 heteroatoms. The normalized spacial score (nSPS) is 13.4. The summed E-state index contributed by atoms with van der Waals surface area (Å²) in [5, 5.41) is 11.6. The van der Waals surface area contributed by atoms with E-state index in [9.17, 15) is 14.4 Å². The maximum Gasteiger partial charge on any atom is 0.299 e. The number of ketones is 1. The van der Waals surface area contributed by atoms with Gasteiger partial charge in [-0.2, -0.15) is 0 Å². The molecule has 2 aromatic rings. The first-order valence-electron chi connectivity index (χ1n) is 7.19. The molecule has 0 atom stereocenters. The number of carbonyl (C=O) groups excluding carboxylic acids is 3. The maximum absolute atomic E-state index is 12.2. The van der Waals surface area contributed by atoms with E-state index in [2.05, 4.69) is 31.4 Å². The van der Waals surface area contributed by atoms with Gasteiger partial charge >= 0.3 is 0 Å². The molecule has 7 nitrogen and oxygen atoms in total. The number of Topliss-reactive ketones (excluding diaryl/α,β-unsaturated/α-hetero) is 1. The van der Waals surface area contributed by atoms with Crippen LogP contribution in [0.25, 0.3) is 0 Å². The molecule has 0 saturated heterocycles. The third kappa shape index (κ3) is 2.96. The highest BCUT2D eigenvalue weighted by molar-refractivity contribution is 9.10. The van der Waals surface area contributed by atoms with Crippen molar-refractivity contribution in [3.05, 3.63) is 32.7 Å². The second-order valence-corrected chi connectivity index (χ2v) is 7.22. The van der Waals surface area contributed by atoms with Gasteiger partial charge in [0.15, 0.2) is 0 Å². The Labute approximate surface area is 150 Å². The van der Waals surface area contributed by atoms with Crippen LogP contribution in [0.4, 0.5) is 10.8 Å². The lowest BCUT2D eigenvalue weighted by atomic mass is 10.1. The molecular formula is C15H13BrN4O3S. The predicted molar refractivity (Wildman–Crippen MR) is 93.5 cm³/mol. The largest absolute Gasteiger partial charge is 0.299 e. The van der Waals surface area contributed by atoms with E-state index in [0.29, 0.717) is 20.9 Å². The molecule has 0 spiro atoms. The molecule has 24 heavy (non-hydrogen) atoms. The van der Waals surface area contributed by atoms with Gasteiger partial charge in [0, 0.05) is 4.47 Å². The highest BCUT2D eigenvalue weighted by Crippen LogP contribution is 2.34. The number of nitrogens with one attached hydrogen (secondary N) is 1. The van der Waals surface area contributed by atoms with E-state index in [1.165, 1.54) is 16.2 Å². The summed E-state index contributed by atoms with van der Waals surface area (Å²) in [4.78, 5) is 37.8. The molecule has 1 aromatic carbocycles. The second kappa shape index (κ2) is 6.40. The molecule has 0 bridgehead atoms. The molecule has 3 rings (SSSR count). The van der Waals surface area contributed by atoms with Gasteiger partial charge in [-0.05, 0) is 31.0 Å². The molecule has 0 aliphatic carbocycles. The van der Waals surface area contributed by atoms with Crippen molar-refractivity contribution < 1.29 is 14.4 Å². The smallest absolute Gasteiger partial charge is 0.299 e. The fraction of sp³-hybridized carbons (Fsp3) is 0.267. The van der Waals surface area contributed by atoms with E-state index in [-0.39, 0.29) is 6.54 Å². The Kier molecular flexibility index (Phi) is 4.46. The Morgan fingerprint density at radius 3 is 2.75 bits per heavy atom. The lowest BCUT2D eigenvalue weighted by molar-refractivity contribution is -0.118. The van der Waals surface area contributed by atoms with E-state index in [1.54, 1.807) is 19.1 Å². The van der Waals surface area contributed by atoms with Crippen LogP contribution in [0.1, 0.15) is 27.9 Å². The highest BCUT2D eigenvalue weighted by atomic mass is 79.9. The molecule has 2 heterocycles. The third-order valence-corrected chi connectivity index (χ3v) is 4.98. The molecule has 0 radical (unpaired) electrons. The Hall–Kier alpha value is -2.13. The number of aryl methyl sites for hydroxylation is 2. The molecule has 124 valence electrons. The van der Waals surface area contributed by atoms with Gasteiger partial charge in [0.25, 0.3) is 11.7 Å². The summed E-state index contributed by atoms with van der Waals surface area (Å²) in [6, 6.07) is 3.40. The lowest BCUT2D eigenvalue weighted by Crippen LogP contribution is -2.37. The number of nitrogens with zero attached hydrogens (tertiary/aromatic N) is 3. The first-order valence-corrected chi connectivity index (χ1v) is 8.80. The number of rotatable bonds is 4. The molecule has 1 N–H and O–H groups in total. The van der Waals surface area contributed by atoms with Crippen molar-refractivity contribution >= 4 is 55.7 Å². The minimum absolute atomic E-state index is 0.249. The maximum atomic E-state index is 12.2. The first-order chi connectivity index (χ1) is 11.4. The van der Waals surface area contributed by atoms with E-state index in [0.717, 1.165) is 17.0 Å². The summed E-state index contributed by atoms with van der Waals surface area (Å²) in [6.45, 7) is 3.48. The molecule has 0 fully saturated rings. The lowest BCUT2D eigenvalue weighted by Gasteiger charge is -2.17. The zero-order valence-electron chi connectivity index (χ0n) is 12.9. The van der Waals surface area contributed by atoms with Gasteiger partial charge in [0.1, 0.15) is 11.6 Å². The fourth-order valence-corrected chi connectivity index (χ4v) is 3.77. The van der Waals surface area contributed by atoms with Crippen LogP contribution in [0.15, 0.2) is 16.6 Å². The van der Waals surface area contributed by atoms with Crippen molar-refractivity contribution in [3.63, 3.8) is 0 Å². The van der Waals surface area contributed by atoms with E-state index in [1.807, 2.05) is 6.92 Å². The van der Waals surface area contributed by atoms with Crippen molar-refractivity contribution in [2.24, 2.45) is 0 Å². The predicted octanol–water partition coefficient (Wildman–Crippen LogP) is 2.34.